The number of pyridine rings is 1. The number of hydrogen-bond donors (Lipinski definition) is 2. The van der Waals surface area contributed by atoms with E-state index in [1.165, 1.54) is 12.1 Å². The van der Waals surface area contributed by atoms with Crippen LogP contribution in [-0.4, -0.2) is 33.9 Å². The van der Waals surface area contributed by atoms with Gasteiger partial charge in [0, 0.05) is 59.9 Å². The first kappa shape index (κ1) is 26.1. The van der Waals surface area contributed by atoms with Gasteiger partial charge in [0.25, 0.3) is 5.91 Å². The Kier molecular flexibility index (Phi) is 7.44. The van der Waals surface area contributed by atoms with E-state index in [2.05, 4.69) is 25.6 Å². The Morgan fingerprint density at radius 2 is 1.79 bits per heavy atom. The number of aromatic nitrogens is 3. The lowest BCUT2D eigenvalue weighted by molar-refractivity contribution is -0.137. The highest BCUT2D eigenvalue weighted by Gasteiger charge is 2.35. The average molecular weight is 533 g/mol. The molecule has 0 unspecified atom stereocenters. The number of nitrogens with one attached hydrogen (secondary N) is 2. The van der Waals surface area contributed by atoms with Crippen LogP contribution in [0.3, 0.4) is 0 Å². The second-order valence-corrected chi connectivity index (χ2v) is 9.39. The number of aryl methyl sites for hydroxylation is 1. The molecule has 1 fully saturated rings. The first-order valence-electron chi connectivity index (χ1n) is 12.7. The Morgan fingerprint density at radius 3 is 2.54 bits per heavy atom. The summed E-state index contributed by atoms with van der Waals surface area (Å²) in [4.78, 5) is 27.7. The topological polar surface area (TPSA) is 83.0 Å². The molecule has 200 valence electrons. The highest BCUT2D eigenvalue weighted by atomic mass is 19.4. The molecule has 1 aliphatic heterocycles. The number of amides is 1. The Bertz CT molecular complexity index is 1470. The van der Waals surface area contributed by atoms with E-state index in [1.807, 2.05) is 19.1 Å². The van der Waals surface area contributed by atoms with Crippen molar-refractivity contribution in [3.8, 4) is 11.3 Å². The van der Waals surface area contributed by atoms with Crippen LogP contribution in [0.2, 0.25) is 0 Å². The second kappa shape index (κ2) is 11.1. The van der Waals surface area contributed by atoms with Gasteiger partial charge in [-0.1, -0.05) is 6.07 Å². The molecule has 3 heterocycles. The molecule has 0 spiro atoms. The minimum Gasteiger partial charge on any atom is -0.371 e. The first-order chi connectivity index (χ1) is 18.8. The van der Waals surface area contributed by atoms with Gasteiger partial charge in [0.15, 0.2) is 0 Å². The number of alkyl halides is 3. The summed E-state index contributed by atoms with van der Waals surface area (Å²) in [6.45, 7) is 3.04. The van der Waals surface area contributed by atoms with Crippen LogP contribution >= 0.6 is 0 Å². The number of halogens is 3. The van der Waals surface area contributed by atoms with Gasteiger partial charge < -0.3 is 15.5 Å². The molecule has 2 aromatic heterocycles. The summed E-state index contributed by atoms with van der Waals surface area (Å²) in [5.41, 5.74) is 2.71. The van der Waals surface area contributed by atoms with Gasteiger partial charge in [0.1, 0.15) is 0 Å². The molecule has 10 heteroatoms. The molecule has 2 aromatic carbocycles. The lowest BCUT2D eigenvalue weighted by Gasteiger charge is -2.31. The fraction of sp³-hybridized carbons (Fsp3) is 0.241. The molecule has 1 saturated heterocycles. The zero-order valence-corrected chi connectivity index (χ0v) is 21.3. The number of anilines is 4. The van der Waals surface area contributed by atoms with Crippen molar-refractivity contribution in [2.75, 3.05) is 28.6 Å². The molecular weight excluding hydrogens is 505 g/mol. The standard InChI is InChI=1S/C29H27F3N6O/c1-19-7-8-20(16-25(19)37-28-34-13-11-24(36-28)21-6-5-12-33-18-21)27(39)35-22-9-10-26(23(17-22)29(30,31)32)38-14-3-2-4-15-38/h5-13,16-18H,2-4,14-15H2,1H3,(H,35,39)(H,34,36,37). The zero-order chi connectivity index (χ0) is 27.4. The molecule has 39 heavy (non-hydrogen) atoms. The molecular formula is C29H27F3N6O. The molecule has 0 bridgehead atoms. The van der Waals surface area contributed by atoms with E-state index in [-0.39, 0.29) is 16.9 Å². The number of nitrogens with zero attached hydrogens (tertiary/aromatic N) is 4. The van der Waals surface area contributed by atoms with Crippen molar-refractivity contribution >= 4 is 28.9 Å². The summed E-state index contributed by atoms with van der Waals surface area (Å²) in [7, 11) is 0. The lowest BCUT2D eigenvalue weighted by atomic mass is 10.1. The van der Waals surface area contributed by atoms with E-state index in [4.69, 9.17) is 0 Å². The number of piperidine rings is 1. The number of carbonyl (C=O) groups is 1. The fourth-order valence-corrected chi connectivity index (χ4v) is 4.57. The second-order valence-electron chi connectivity index (χ2n) is 9.39. The molecule has 0 saturated carbocycles. The molecule has 4 aromatic rings. The minimum atomic E-state index is -4.54. The maximum atomic E-state index is 13.9. The van der Waals surface area contributed by atoms with Crippen molar-refractivity contribution in [3.05, 3.63) is 89.9 Å². The van der Waals surface area contributed by atoms with E-state index in [0.29, 0.717) is 30.4 Å². The summed E-state index contributed by atoms with van der Waals surface area (Å²) in [5, 5.41) is 5.76. The van der Waals surface area contributed by atoms with Crippen LogP contribution in [0.5, 0.6) is 0 Å². The maximum absolute atomic E-state index is 13.9. The molecule has 1 amide bonds. The van der Waals surface area contributed by atoms with Gasteiger partial charge in [-0.2, -0.15) is 13.2 Å². The summed E-state index contributed by atoms with van der Waals surface area (Å²) in [6.07, 6.45) is 3.19. The third-order valence-corrected chi connectivity index (χ3v) is 6.62. The first-order valence-corrected chi connectivity index (χ1v) is 12.7. The monoisotopic (exact) mass is 532 g/mol. The van der Waals surface area contributed by atoms with Gasteiger partial charge in [-0.25, -0.2) is 9.97 Å². The largest absolute Gasteiger partial charge is 0.418 e. The average Bonchev–Trinajstić information content (AvgIpc) is 2.95. The highest BCUT2D eigenvalue weighted by Crippen LogP contribution is 2.39. The highest BCUT2D eigenvalue weighted by molar-refractivity contribution is 6.05. The van der Waals surface area contributed by atoms with Crippen LogP contribution in [-0.2, 0) is 6.18 Å². The molecule has 1 aliphatic rings. The van der Waals surface area contributed by atoms with Gasteiger partial charge in [-0.05, 0) is 80.3 Å². The molecule has 7 nitrogen and oxygen atoms in total. The molecule has 0 atom stereocenters. The predicted molar refractivity (Wildman–Crippen MR) is 145 cm³/mol. The van der Waals surface area contributed by atoms with Crippen molar-refractivity contribution in [3.63, 3.8) is 0 Å². The third kappa shape index (κ3) is 6.17. The van der Waals surface area contributed by atoms with Gasteiger partial charge in [0.2, 0.25) is 5.95 Å². The van der Waals surface area contributed by atoms with Gasteiger partial charge in [-0.3, -0.25) is 9.78 Å². The number of rotatable bonds is 6. The van der Waals surface area contributed by atoms with E-state index < -0.39 is 17.6 Å². The molecule has 5 rings (SSSR count). The van der Waals surface area contributed by atoms with Crippen molar-refractivity contribution in [1.29, 1.82) is 0 Å². The van der Waals surface area contributed by atoms with E-state index >= 15 is 0 Å². The van der Waals surface area contributed by atoms with E-state index in [9.17, 15) is 18.0 Å². The van der Waals surface area contributed by atoms with Crippen LogP contribution in [0.15, 0.2) is 73.2 Å². The quantitative estimate of drug-likeness (QED) is 0.283. The number of hydrogen-bond acceptors (Lipinski definition) is 6. The predicted octanol–water partition coefficient (Wildman–Crippen LogP) is 6.85. The van der Waals surface area contributed by atoms with Crippen LogP contribution in [0.1, 0.15) is 40.7 Å². The third-order valence-electron chi connectivity index (χ3n) is 6.62. The summed E-state index contributed by atoms with van der Waals surface area (Å²) >= 11 is 0. The Morgan fingerprint density at radius 1 is 0.974 bits per heavy atom. The van der Waals surface area contributed by atoms with E-state index in [1.54, 1.807) is 47.8 Å². The normalized spacial score (nSPS) is 13.7. The van der Waals surface area contributed by atoms with Gasteiger partial charge in [0.05, 0.1) is 11.3 Å². The van der Waals surface area contributed by atoms with Crippen molar-refractivity contribution in [2.24, 2.45) is 0 Å². The summed E-state index contributed by atoms with van der Waals surface area (Å²) < 4.78 is 41.8. The van der Waals surface area contributed by atoms with Crippen molar-refractivity contribution < 1.29 is 18.0 Å². The van der Waals surface area contributed by atoms with Gasteiger partial charge in [-0.15, -0.1) is 0 Å². The van der Waals surface area contributed by atoms with Gasteiger partial charge >= 0.3 is 6.18 Å². The Hall–Kier alpha value is -4.47. The Labute approximate surface area is 224 Å². The van der Waals surface area contributed by atoms with Crippen LogP contribution in [0.4, 0.5) is 36.2 Å². The van der Waals surface area contributed by atoms with Crippen molar-refractivity contribution in [2.45, 2.75) is 32.4 Å². The smallest absolute Gasteiger partial charge is 0.371 e. The van der Waals surface area contributed by atoms with Crippen LogP contribution in [0, 0.1) is 6.92 Å². The van der Waals surface area contributed by atoms with Crippen molar-refractivity contribution in [1.82, 2.24) is 15.0 Å². The number of benzene rings is 2. The SMILES string of the molecule is Cc1ccc(C(=O)Nc2ccc(N3CCCCC3)c(C(F)(F)F)c2)cc1Nc1nccc(-c2cccnc2)n1. The minimum absolute atomic E-state index is 0.0793. The molecule has 0 radical (unpaired) electrons. The molecule has 0 aliphatic carbocycles. The summed E-state index contributed by atoms with van der Waals surface area (Å²) in [5.74, 6) is -0.193. The lowest BCUT2D eigenvalue weighted by Crippen LogP contribution is -2.31. The van der Waals surface area contributed by atoms with E-state index in [0.717, 1.165) is 36.5 Å². The fourth-order valence-electron chi connectivity index (χ4n) is 4.57. The number of carbonyl (C=O) groups excluding carboxylic acids is 1. The van der Waals surface area contributed by atoms with Crippen LogP contribution < -0.4 is 15.5 Å². The Balaban J connectivity index is 1.36. The summed E-state index contributed by atoms with van der Waals surface area (Å²) in [6, 6.07) is 14.4. The zero-order valence-electron chi connectivity index (χ0n) is 21.3. The van der Waals surface area contributed by atoms with Crippen LogP contribution in [0.25, 0.3) is 11.3 Å². The molecule has 2 N–H and O–H groups in total. The maximum Gasteiger partial charge on any atom is 0.418 e.